The van der Waals surface area contributed by atoms with Gasteiger partial charge in [-0.05, 0) is 89.9 Å². The van der Waals surface area contributed by atoms with Gasteiger partial charge in [0.05, 0.1) is 13.2 Å². The van der Waals surface area contributed by atoms with Gasteiger partial charge in [0.2, 0.25) is 0 Å². The fourth-order valence-corrected chi connectivity index (χ4v) is 9.27. The van der Waals surface area contributed by atoms with Crippen LogP contribution in [0.5, 0.6) is 0 Å². The van der Waals surface area contributed by atoms with Crippen LogP contribution >= 0.6 is 7.82 Å². The lowest BCUT2D eigenvalue weighted by Crippen LogP contribution is -2.29. The number of allylic oxidation sites excluding steroid dienone is 16. The minimum absolute atomic E-state index is 0.0495. The lowest BCUT2D eigenvalue weighted by atomic mass is 10.0. The molecular formula is C65H114NO8P. The number of unbranched alkanes of at least 4 members (excludes halogenated alkanes) is 28. The molecule has 0 bridgehead atoms. The van der Waals surface area contributed by atoms with Gasteiger partial charge in [0.1, 0.15) is 6.61 Å². The Kier molecular flexibility index (Phi) is 57.7. The molecule has 0 aliphatic rings. The van der Waals surface area contributed by atoms with Crippen molar-refractivity contribution < 1.29 is 37.6 Å². The molecule has 0 aliphatic heterocycles. The van der Waals surface area contributed by atoms with E-state index in [0.29, 0.717) is 6.42 Å². The van der Waals surface area contributed by atoms with Crippen LogP contribution in [0.2, 0.25) is 0 Å². The van der Waals surface area contributed by atoms with Gasteiger partial charge < -0.3 is 20.1 Å². The average Bonchev–Trinajstić information content (AvgIpc) is 3.40. The molecule has 0 aromatic carbocycles. The molecule has 9 nitrogen and oxygen atoms in total. The molecule has 0 spiro atoms. The van der Waals surface area contributed by atoms with Gasteiger partial charge in [-0.25, -0.2) is 4.57 Å². The second-order valence-electron chi connectivity index (χ2n) is 20.2. The van der Waals surface area contributed by atoms with Crippen LogP contribution in [0.25, 0.3) is 0 Å². The third-order valence-corrected chi connectivity index (χ3v) is 13.9. The van der Waals surface area contributed by atoms with Crippen LogP contribution in [0.3, 0.4) is 0 Å². The molecule has 10 heteroatoms. The summed E-state index contributed by atoms with van der Waals surface area (Å²) >= 11 is 0. The molecule has 0 aliphatic carbocycles. The molecule has 0 radical (unpaired) electrons. The molecule has 0 saturated carbocycles. The number of carbonyl (C=O) groups excluding carboxylic acids is 2. The Labute approximate surface area is 461 Å². The Bertz CT molecular complexity index is 1550. The third-order valence-electron chi connectivity index (χ3n) is 13.0. The number of phosphoric acid groups is 1. The Balaban J connectivity index is 3.90. The molecular weight excluding hydrogens is 954 g/mol. The fraction of sp³-hybridized carbons (Fsp3) is 0.723. The Morgan fingerprint density at radius 1 is 0.400 bits per heavy atom. The molecule has 432 valence electrons. The number of ether oxygens (including phenoxy) is 2. The second-order valence-corrected chi connectivity index (χ2v) is 21.6. The first-order chi connectivity index (χ1) is 36.8. The molecule has 3 N–H and O–H groups in total. The summed E-state index contributed by atoms with van der Waals surface area (Å²) in [4.78, 5) is 35.2. The van der Waals surface area contributed by atoms with E-state index in [1.165, 1.54) is 135 Å². The predicted octanol–water partition coefficient (Wildman–Crippen LogP) is 19.6. The van der Waals surface area contributed by atoms with E-state index >= 15 is 0 Å². The fourth-order valence-electron chi connectivity index (χ4n) is 8.50. The number of hydrogen-bond donors (Lipinski definition) is 2. The van der Waals surface area contributed by atoms with Gasteiger partial charge in [0.15, 0.2) is 6.10 Å². The van der Waals surface area contributed by atoms with Crippen LogP contribution in [-0.2, 0) is 32.7 Å². The van der Waals surface area contributed by atoms with Crippen LogP contribution in [0, 0.1) is 0 Å². The van der Waals surface area contributed by atoms with Gasteiger partial charge in [-0.1, -0.05) is 265 Å². The maximum Gasteiger partial charge on any atom is 0.472 e. The summed E-state index contributed by atoms with van der Waals surface area (Å²) < 4.78 is 33.1. The zero-order valence-corrected chi connectivity index (χ0v) is 49.2. The SMILES string of the molecule is CC/C=C\C/C=C\C/C=C\C/C=C\CCCCCCCCCCCCCCCCCCCCCCC(=O)OC(COC(=O)CCCCCCCCCC/C=C\C/C=C\C/C=C\C/C=C\CC)COP(=O)(O)OCCN. The summed E-state index contributed by atoms with van der Waals surface area (Å²) in [6, 6.07) is 0. The van der Waals surface area contributed by atoms with Gasteiger partial charge in [-0.15, -0.1) is 0 Å². The van der Waals surface area contributed by atoms with Crippen molar-refractivity contribution in [3.63, 3.8) is 0 Å². The normalized spacial score (nSPS) is 13.7. The van der Waals surface area contributed by atoms with E-state index in [1.807, 2.05) is 0 Å². The first-order valence-electron chi connectivity index (χ1n) is 30.7. The zero-order valence-electron chi connectivity index (χ0n) is 48.3. The molecule has 2 unspecified atom stereocenters. The van der Waals surface area contributed by atoms with Crippen molar-refractivity contribution in [3.05, 3.63) is 97.2 Å². The van der Waals surface area contributed by atoms with E-state index in [-0.39, 0.29) is 38.6 Å². The molecule has 2 atom stereocenters. The largest absolute Gasteiger partial charge is 0.472 e. The van der Waals surface area contributed by atoms with Crippen molar-refractivity contribution in [2.24, 2.45) is 5.73 Å². The molecule has 0 heterocycles. The van der Waals surface area contributed by atoms with E-state index in [9.17, 15) is 19.0 Å². The smallest absolute Gasteiger partial charge is 0.462 e. The van der Waals surface area contributed by atoms with Gasteiger partial charge in [-0.2, -0.15) is 0 Å². The second kappa shape index (κ2) is 60.2. The first-order valence-corrected chi connectivity index (χ1v) is 32.2. The summed E-state index contributed by atoms with van der Waals surface area (Å²) in [7, 11) is -4.39. The topological polar surface area (TPSA) is 134 Å². The minimum Gasteiger partial charge on any atom is -0.462 e. The molecule has 0 amide bonds. The summed E-state index contributed by atoms with van der Waals surface area (Å²) in [5.74, 6) is -0.832. The average molecular weight is 1070 g/mol. The Morgan fingerprint density at radius 3 is 1.03 bits per heavy atom. The number of nitrogens with two attached hydrogens (primary N) is 1. The van der Waals surface area contributed by atoms with Gasteiger partial charge >= 0.3 is 19.8 Å². The minimum atomic E-state index is -4.39. The van der Waals surface area contributed by atoms with Crippen molar-refractivity contribution in [2.75, 3.05) is 26.4 Å². The standard InChI is InChI=1S/C65H114NO8P/c1-3-5-7-9-11-13-15-17-19-21-23-25-26-27-28-29-30-31-32-33-34-35-36-38-40-42-44-46-48-50-52-54-56-58-65(68)74-63(62-73-75(69,70)72-60-59-66)61-71-64(67)57-55-53-51-49-47-45-43-41-39-37-24-22-20-18-16-14-12-10-8-6-4-2/h5-8,11-14,17-20,23-25,37,63H,3-4,9-10,15-16,21-22,26-36,38-62,66H2,1-2H3,(H,69,70)/b7-5-,8-6-,13-11-,14-12-,19-17-,20-18-,25-23-,37-24-. The van der Waals surface area contributed by atoms with Crippen LogP contribution in [0.4, 0.5) is 0 Å². The summed E-state index contributed by atoms with van der Waals surface area (Å²) in [5.41, 5.74) is 5.39. The van der Waals surface area contributed by atoms with Crippen LogP contribution < -0.4 is 5.73 Å². The lowest BCUT2D eigenvalue weighted by Gasteiger charge is -2.19. The summed E-state index contributed by atoms with van der Waals surface area (Å²) in [5, 5.41) is 0. The van der Waals surface area contributed by atoms with Crippen LogP contribution in [0.1, 0.15) is 271 Å². The number of hydrogen-bond acceptors (Lipinski definition) is 8. The monoisotopic (exact) mass is 1070 g/mol. The maximum absolute atomic E-state index is 12.7. The molecule has 0 aromatic rings. The van der Waals surface area contributed by atoms with E-state index in [2.05, 4.69) is 111 Å². The van der Waals surface area contributed by atoms with Gasteiger partial charge in [0.25, 0.3) is 0 Å². The zero-order chi connectivity index (χ0) is 54.5. The van der Waals surface area contributed by atoms with E-state index in [0.717, 1.165) is 103 Å². The maximum atomic E-state index is 12.7. The summed E-state index contributed by atoms with van der Waals surface area (Å²) in [6.45, 7) is 3.53. The van der Waals surface area contributed by atoms with Gasteiger partial charge in [-0.3, -0.25) is 18.6 Å². The van der Waals surface area contributed by atoms with E-state index < -0.39 is 26.5 Å². The summed E-state index contributed by atoms with van der Waals surface area (Å²) in [6.07, 6.45) is 80.5. The van der Waals surface area contributed by atoms with Crippen molar-refractivity contribution in [2.45, 2.75) is 277 Å². The highest BCUT2D eigenvalue weighted by molar-refractivity contribution is 7.47. The molecule has 0 rings (SSSR count). The van der Waals surface area contributed by atoms with E-state index in [4.69, 9.17) is 24.3 Å². The highest BCUT2D eigenvalue weighted by atomic mass is 31.2. The van der Waals surface area contributed by atoms with E-state index in [1.54, 1.807) is 0 Å². The highest BCUT2D eigenvalue weighted by Crippen LogP contribution is 2.43. The molecule has 75 heavy (non-hydrogen) atoms. The number of phosphoric ester groups is 1. The number of esters is 2. The number of rotatable bonds is 57. The Hall–Kier alpha value is -3.07. The van der Waals surface area contributed by atoms with Crippen molar-refractivity contribution in [1.82, 2.24) is 0 Å². The quantitative estimate of drug-likeness (QED) is 0.0264. The first kappa shape index (κ1) is 71.9. The molecule has 0 saturated heterocycles. The third kappa shape index (κ3) is 60.0. The van der Waals surface area contributed by atoms with Gasteiger partial charge in [0, 0.05) is 19.4 Å². The van der Waals surface area contributed by atoms with Crippen LogP contribution in [0.15, 0.2) is 97.2 Å². The highest BCUT2D eigenvalue weighted by Gasteiger charge is 2.26. The van der Waals surface area contributed by atoms with Crippen molar-refractivity contribution >= 4 is 19.8 Å². The van der Waals surface area contributed by atoms with Crippen molar-refractivity contribution in [3.8, 4) is 0 Å². The molecule has 0 aromatic heterocycles. The van der Waals surface area contributed by atoms with Crippen LogP contribution in [-0.4, -0.2) is 49.3 Å². The number of carbonyl (C=O) groups is 2. The Morgan fingerprint density at radius 2 is 0.693 bits per heavy atom. The predicted molar refractivity (Wildman–Crippen MR) is 321 cm³/mol. The van der Waals surface area contributed by atoms with Crippen molar-refractivity contribution in [1.29, 1.82) is 0 Å². The molecule has 0 fully saturated rings. The lowest BCUT2D eigenvalue weighted by molar-refractivity contribution is -0.161.